The van der Waals surface area contributed by atoms with E-state index in [-0.39, 0.29) is 0 Å². The topological polar surface area (TPSA) is 80.4 Å². The first-order valence-corrected chi connectivity index (χ1v) is 7.95. The molecule has 0 saturated carbocycles. The summed E-state index contributed by atoms with van der Waals surface area (Å²) < 4.78 is 11.6. The zero-order chi connectivity index (χ0) is 16.9. The van der Waals surface area contributed by atoms with Crippen molar-refractivity contribution < 1.29 is 14.3 Å². The van der Waals surface area contributed by atoms with Crippen LogP contribution in [0.25, 0.3) is 11.1 Å². The van der Waals surface area contributed by atoms with Gasteiger partial charge >= 0.3 is 0 Å². The molecular weight excluding hydrogens is 330 g/mol. The number of hydrogen-bond donors (Lipinski definition) is 2. The zero-order valence-electron chi connectivity index (χ0n) is 13.2. The van der Waals surface area contributed by atoms with Crippen molar-refractivity contribution in [2.75, 3.05) is 5.32 Å². The number of aromatic nitrogens is 2. The van der Waals surface area contributed by atoms with Gasteiger partial charge in [0.05, 0.1) is 6.04 Å². The molecule has 1 aliphatic heterocycles. The molecule has 3 aromatic rings. The van der Waals surface area contributed by atoms with E-state index < -0.39 is 17.7 Å². The highest BCUT2D eigenvalue weighted by Crippen LogP contribution is 2.41. The van der Waals surface area contributed by atoms with E-state index in [0.29, 0.717) is 27.9 Å². The van der Waals surface area contributed by atoms with Crippen LogP contribution in [0.15, 0.2) is 41.1 Å². The molecule has 1 aromatic carbocycles. The molecule has 0 saturated heterocycles. The Morgan fingerprint density at radius 2 is 2.12 bits per heavy atom. The molecule has 7 heteroatoms. The zero-order valence-corrected chi connectivity index (χ0v) is 13.9. The second-order valence-corrected chi connectivity index (χ2v) is 6.75. The van der Waals surface area contributed by atoms with E-state index in [9.17, 15) is 5.11 Å². The van der Waals surface area contributed by atoms with Gasteiger partial charge in [0.1, 0.15) is 23.0 Å². The number of hydrogen-bond acceptors (Lipinski definition) is 6. The number of pyridine rings is 1. The van der Waals surface area contributed by atoms with Crippen molar-refractivity contribution >= 4 is 28.7 Å². The van der Waals surface area contributed by atoms with Gasteiger partial charge in [-0.05, 0) is 38.1 Å². The first-order chi connectivity index (χ1) is 11.4. The number of rotatable bonds is 2. The predicted octanol–water partition coefficient (Wildman–Crippen LogP) is 3.56. The van der Waals surface area contributed by atoms with Crippen LogP contribution < -0.4 is 10.1 Å². The lowest BCUT2D eigenvalue weighted by molar-refractivity contribution is -0.0537. The fourth-order valence-electron chi connectivity index (χ4n) is 2.89. The lowest BCUT2D eigenvalue weighted by atomic mass is 9.87. The summed E-state index contributed by atoms with van der Waals surface area (Å²) in [6.45, 7) is 3.67. The van der Waals surface area contributed by atoms with Crippen molar-refractivity contribution in [2.45, 2.75) is 31.6 Å². The van der Waals surface area contributed by atoms with E-state index >= 15 is 0 Å². The SMILES string of the molecule is CC1(C)Oc2ccncc2C(Nc2nc3cc(Cl)ccc3o2)C1O. The molecule has 124 valence electrons. The Bertz CT molecular complexity index is 909. The van der Waals surface area contributed by atoms with Crippen LogP contribution in [-0.4, -0.2) is 26.8 Å². The summed E-state index contributed by atoms with van der Waals surface area (Å²) in [5, 5.41) is 14.5. The highest BCUT2D eigenvalue weighted by atomic mass is 35.5. The molecule has 0 radical (unpaired) electrons. The Morgan fingerprint density at radius 1 is 1.29 bits per heavy atom. The third-order valence-corrected chi connectivity index (χ3v) is 4.41. The Balaban J connectivity index is 1.73. The number of oxazole rings is 1. The van der Waals surface area contributed by atoms with Crippen molar-refractivity contribution in [3.63, 3.8) is 0 Å². The molecule has 0 amide bonds. The van der Waals surface area contributed by atoms with Gasteiger partial charge in [-0.1, -0.05) is 11.6 Å². The van der Waals surface area contributed by atoms with Gasteiger partial charge in [-0.25, -0.2) is 0 Å². The summed E-state index contributed by atoms with van der Waals surface area (Å²) in [6, 6.07) is 6.86. The maximum Gasteiger partial charge on any atom is 0.296 e. The number of halogens is 1. The Morgan fingerprint density at radius 3 is 2.96 bits per heavy atom. The van der Waals surface area contributed by atoms with Crippen LogP contribution in [0.3, 0.4) is 0 Å². The number of ether oxygens (including phenoxy) is 1. The molecule has 6 nitrogen and oxygen atoms in total. The summed E-state index contributed by atoms with van der Waals surface area (Å²) in [5.41, 5.74) is 1.26. The molecule has 2 unspecified atom stereocenters. The second kappa shape index (κ2) is 5.36. The summed E-state index contributed by atoms with van der Waals surface area (Å²) in [4.78, 5) is 8.52. The minimum Gasteiger partial charge on any atom is -0.485 e. The van der Waals surface area contributed by atoms with Crippen molar-refractivity contribution in [3.8, 4) is 5.75 Å². The van der Waals surface area contributed by atoms with Gasteiger partial charge in [-0.15, -0.1) is 0 Å². The summed E-state index contributed by atoms with van der Waals surface area (Å²) in [5.74, 6) is 0.678. The Kier molecular flexibility index (Phi) is 3.40. The standard InChI is InChI=1S/C17H16ClN3O3/c1-17(2)15(22)14(10-8-19-6-5-12(10)24-17)21-16-20-11-7-9(18)3-4-13(11)23-16/h3-8,14-15,22H,1-2H3,(H,20,21). The van der Waals surface area contributed by atoms with E-state index in [0.717, 1.165) is 5.56 Å². The number of fused-ring (bicyclic) bond motifs is 2. The average molecular weight is 346 g/mol. The maximum atomic E-state index is 10.7. The normalized spacial score (nSPS) is 22.0. The fraction of sp³-hybridized carbons (Fsp3) is 0.294. The van der Waals surface area contributed by atoms with Gasteiger partial charge in [0.25, 0.3) is 6.01 Å². The summed E-state index contributed by atoms with van der Waals surface area (Å²) >= 11 is 5.98. The van der Waals surface area contributed by atoms with Gasteiger partial charge in [0.15, 0.2) is 5.58 Å². The number of aliphatic hydroxyl groups is 1. The average Bonchev–Trinajstić information content (AvgIpc) is 2.93. The van der Waals surface area contributed by atoms with Crippen molar-refractivity contribution in [2.24, 2.45) is 0 Å². The summed E-state index contributed by atoms with van der Waals surface area (Å²) in [6.07, 6.45) is 2.52. The van der Waals surface area contributed by atoms with Crippen LogP contribution in [0.2, 0.25) is 5.02 Å². The van der Waals surface area contributed by atoms with Crippen molar-refractivity contribution in [1.29, 1.82) is 0 Å². The summed E-state index contributed by atoms with van der Waals surface area (Å²) in [7, 11) is 0. The number of nitrogens with one attached hydrogen (secondary N) is 1. The molecular formula is C17H16ClN3O3. The number of aliphatic hydroxyl groups excluding tert-OH is 1. The molecule has 24 heavy (non-hydrogen) atoms. The molecule has 3 heterocycles. The first-order valence-electron chi connectivity index (χ1n) is 7.58. The van der Waals surface area contributed by atoms with Crippen LogP contribution in [0, 0.1) is 0 Å². The first kappa shape index (κ1) is 15.2. The third kappa shape index (κ3) is 2.48. The quantitative estimate of drug-likeness (QED) is 0.739. The monoisotopic (exact) mass is 345 g/mol. The van der Waals surface area contributed by atoms with Gasteiger partial charge in [0.2, 0.25) is 0 Å². The van der Waals surface area contributed by atoms with Crippen LogP contribution in [-0.2, 0) is 0 Å². The van der Waals surface area contributed by atoms with Gasteiger partial charge in [-0.2, -0.15) is 4.98 Å². The molecule has 0 fully saturated rings. The number of nitrogens with zero attached hydrogens (tertiary/aromatic N) is 2. The Labute approximate surface area is 143 Å². The molecule has 0 spiro atoms. The van der Waals surface area contributed by atoms with E-state index in [2.05, 4.69) is 15.3 Å². The molecule has 2 aromatic heterocycles. The van der Waals surface area contributed by atoms with E-state index in [1.165, 1.54) is 0 Å². The van der Waals surface area contributed by atoms with Crippen molar-refractivity contribution in [1.82, 2.24) is 9.97 Å². The lowest BCUT2D eigenvalue weighted by Crippen LogP contribution is -2.50. The molecule has 2 atom stereocenters. The van der Waals surface area contributed by atoms with Crippen LogP contribution in [0.5, 0.6) is 5.75 Å². The van der Waals surface area contributed by atoms with Crippen LogP contribution >= 0.6 is 11.6 Å². The van der Waals surface area contributed by atoms with Crippen LogP contribution in [0.1, 0.15) is 25.5 Å². The maximum absolute atomic E-state index is 10.7. The van der Waals surface area contributed by atoms with Gasteiger partial charge in [-0.3, -0.25) is 4.98 Å². The second-order valence-electron chi connectivity index (χ2n) is 6.32. The van der Waals surface area contributed by atoms with Gasteiger partial charge in [0, 0.05) is 23.0 Å². The van der Waals surface area contributed by atoms with E-state index in [1.807, 2.05) is 13.8 Å². The van der Waals surface area contributed by atoms with E-state index in [1.54, 1.807) is 36.7 Å². The highest BCUT2D eigenvalue weighted by molar-refractivity contribution is 6.31. The third-order valence-electron chi connectivity index (χ3n) is 4.17. The molecule has 4 rings (SSSR count). The Hall–Kier alpha value is -2.31. The molecule has 1 aliphatic rings. The number of anilines is 1. The van der Waals surface area contributed by atoms with Gasteiger partial charge < -0.3 is 19.6 Å². The minimum atomic E-state index is -0.812. The van der Waals surface area contributed by atoms with E-state index in [4.69, 9.17) is 20.8 Å². The highest BCUT2D eigenvalue weighted by Gasteiger charge is 2.43. The lowest BCUT2D eigenvalue weighted by Gasteiger charge is -2.41. The molecule has 2 N–H and O–H groups in total. The minimum absolute atomic E-state index is 0.309. The predicted molar refractivity (Wildman–Crippen MR) is 90.3 cm³/mol. The van der Waals surface area contributed by atoms with Crippen molar-refractivity contribution in [3.05, 3.63) is 47.2 Å². The molecule has 0 bridgehead atoms. The number of benzene rings is 1. The van der Waals surface area contributed by atoms with Crippen LogP contribution in [0.4, 0.5) is 6.01 Å². The fourth-order valence-corrected chi connectivity index (χ4v) is 3.05. The largest absolute Gasteiger partial charge is 0.485 e. The molecule has 0 aliphatic carbocycles. The smallest absolute Gasteiger partial charge is 0.296 e.